The third-order valence-corrected chi connectivity index (χ3v) is 2.38. The number of nitrogens with zero attached hydrogens (tertiary/aromatic N) is 1. The lowest BCUT2D eigenvalue weighted by molar-refractivity contribution is -0.152. The van der Waals surface area contributed by atoms with E-state index in [1.54, 1.807) is 7.11 Å². The molecule has 0 fully saturated rings. The van der Waals surface area contributed by atoms with Crippen molar-refractivity contribution in [2.24, 2.45) is 5.41 Å². The topological polar surface area (TPSA) is 59.0 Å². The summed E-state index contributed by atoms with van der Waals surface area (Å²) in [6.45, 7) is 6.08. The van der Waals surface area contributed by atoms with Crippen LogP contribution in [0.1, 0.15) is 13.8 Å². The summed E-state index contributed by atoms with van der Waals surface area (Å²) in [7, 11) is 3.01. The zero-order valence-corrected chi connectivity index (χ0v) is 10.7. The molecule has 0 saturated carbocycles. The monoisotopic (exact) mass is 233 g/mol. The SMILES string of the molecule is COCCN(CCO)CC(C)(C)C(=O)OC. The van der Waals surface area contributed by atoms with Crippen LogP contribution in [0, 0.1) is 5.41 Å². The molecule has 0 radical (unpaired) electrons. The Labute approximate surface area is 97.3 Å². The number of carbonyl (C=O) groups excluding carboxylic acids is 1. The van der Waals surface area contributed by atoms with E-state index in [0.717, 1.165) is 0 Å². The molecule has 0 aromatic rings. The number of rotatable bonds is 8. The van der Waals surface area contributed by atoms with Gasteiger partial charge in [0.25, 0.3) is 0 Å². The molecule has 5 heteroatoms. The van der Waals surface area contributed by atoms with Gasteiger partial charge in [-0.15, -0.1) is 0 Å². The zero-order valence-electron chi connectivity index (χ0n) is 10.7. The van der Waals surface area contributed by atoms with E-state index in [-0.39, 0.29) is 12.6 Å². The minimum atomic E-state index is -0.572. The smallest absolute Gasteiger partial charge is 0.312 e. The van der Waals surface area contributed by atoms with Crippen LogP contribution in [0.3, 0.4) is 0 Å². The zero-order chi connectivity index (χ0) is 12.6. The van der Waals surface area contributed by atoms with E-state index >= 15 is 0 Å². The Balaban J connectivity index is 4.29. The highest BCUT2D eigenvalue weighted by Gasteiger charge is 2.30. The van der Waals surface area contributed by atoms with Gasteiger partial charge in [-0.05, 0) is 13.8 Å². The van der Waals surface area contributed by atoms with Crippen LogP contribution in [-0.4, -0.2) is 63.0 Å². The Morgan fingerprint density at radius 3 is 2.38 bits per heavy atom. The van der Waals surface area contributed by atoms with Gasteiger partial charge in [-0.3, -0.25) is 9.69 Å². The van der Waals surface area contributed by atoms with Gasteiger partial charge >= 0.3 is 5.97 Å². The van der Waals surface area contributed by atoms with Gasteiger partial charge in [-0.1, -0.05) is 0 Å². The summed E-state index contributed by atoms with van der Waals surface area (Å²) in [5.74, 6) is -0.243. The van der Waals surface area contributed by atoms with Crippen molar-refractivity contribution in [1.29, 1.82) is 0 Å². The summed E-state index contributed by atoms with van der Waals surface area (Å²) < 4.78 is 9.72. The Hall–Kier alpha value is -0.650. The quantitative estimate of drug-likeness (QED) is 0.604. The highest BCUT2D eigenvalue weighted by molar-refractivity contribution is 5.76. The summed E-state index contributed by atoms with van der Waals surface area (Å²) >= 11 is 0. The maximum Gasteiger partial charge on any atom is 0.312 e. The summed E-state index contributed by atoms with van der Waals surface area (Å²) in [4.78, 5) is 13.5. The fourth-order valence-corrected chi connectivity index (χ4v) is 1.53. The molecule has 0 spiro atoms. The molecule has 0 bridgehead atoms. The van der Waals surface area contributed by atoms with Crippen LogP contribution in [0.4, 0.5) is 0 Å². The van der Waals surface area contributed by atoms with Gasteiger partial charge < -0.3 is 14.6 Å². The van der Waals surface area contributed by atoms with E-state index in [1.807, 2.05) is 18.7 Å². The van der Waals surface area contributed by atoms with E-state index < -0.39 is 5.41 Å². The van der Waals surface area contributed by atoms with Crippen LogP contribution in [0.15, 0.2) is 0 Å². The first kappa shape index (κ1) is 15.3. The maximum absolute atomic E-state index is 11.5. The number of hydrogen-bond acceptors (Lipinski definition) is 5. The average Bonchev–Trinajstić information content (AvgIpc) is 2.24. The number of esters is 1. The summed E-state index contributed by atoms with van der Waals surface area (Å²) in [6.07, 6.45) is 0. The van der Waals surface area contributed by atoms with Crippen LogP contribution in [0.25, 0.3) is 0 Å². The van der Waals surface area contributed by atoms with Crippen LogP contribution in [0.2, 0.25) is 0 Å². The van der Waals surface area contributed by atoms with Crippen molar-refractivity contribution in [1.82, 2.24) is 4.90 Å². The van der Waals surface area contributed by atoms with Gasteiger partial charge in [0.15, 0.2) is 0 Å². The second kappa shape index (κ2) is 7.60. The van der Waals surface area contributed by atoms with Gasteiger partial charge in [0.2, 0.25) is 0 Å². The van der Waals surface area contributed by atoms with Crippen molar-refractivity contribution in [3.05, 3.63) is 0 Å². The predicted molar refractivity (Wildman–Crippen MR) is 61.2 cm³/mol. The molecule has 0 aliphatic heterocycles. The highest BCUT2D eigenvalue weighted by Crippen LogP contribution is 2.18. The minimum Gasteiger partial charge on any atom is -0.469 e. The molecule has 0 amide bonds. The fourth-order valence-electron chi connectivity index (χ4n) is 1.53. The summed E-state index contributed by atoms with van der Waals surface area (Å²) in [5, 5.41) is 8.93. The molecule has 0 aromatic heterocycles. The molecule has 1 N–H and O–H groups in total. The van der Waals surface area contributed by atoms with Crippen molar-refractivity contribution >= 4 is 5.97 Å². The summed E-state index contributed by atoms with van der Waals surface area (Å²) in [5.41, 5.74) is -0.572. The maximum atomic E-state index is 11.5. The number of aliphatic hydroxyl groups excluding tert-OH is 1. The lowest BCUT2D eigenvalue weighted by Gasteiger charge is -2.30. The molecule has 0 unspecified atom stereocenters. The van der Waals surface area contributed by atoms with E-state index in [2.05, 4.69) is 0 Å². The van der Waals surface area contributed by atoms with Crippen molar-refractivity contribution in [3.8, 4) is 0 Å². The van der Waals surface area contributed by atoms with E-state index in [0.29, 0.717) is 26.2 Å². The highest BCUT2D eigenvalue weighted by atomic mass is 16.5. The Morgan fingerprint density at radius 2 is 1.94 bits per heavy atom. The Bertz CT molecular complexity index is 206. The molecule has 0 aliphatic rings. The molecule has 0 rings (SSSR count). The minimum absolute atomic E-state index is 0.0704. The van der Waals surface area contributed by atoms with Gasteiger partial charge in [-0.2, -0.15) is 0 Å². The Kier molecular flexibility index (Phi) is 7.29. The van der Waals surface area contributed by atoms with Crippen LogP contribution in [0.5, 0.6) is 0 Å². The van der Waals surface area contributed by atoms with Gasteiger partial charge in [0, 0.05) is 26.7 Å². The van der Waals surface area contributed by atoms with Crippen molar-refractivity contribution < 1.29 is 19.4 Å². The third kappa shape index (κ3) is 5.44. The number of carbonyl (C=O) groups is 1. The first-order valence-electron chi connectivity index (χ1n) is 5.38. The van der Waals surface area contributed by atoms with Crippen molar-refractivity contribution in [2.75, 3.05) is 47.1 Å². The number of ether oxygens (including phenoxy) is 2. The molecule has 96 valence electrons. The van der Waals surface area contributed by atoms with Crippen LogP contribution < -0.4 is 0 Å². The second-order valence-electron chi connectivity index (χ2n) is 4.37. The van der Waals surface area contributed by atoms with E-state index in [1.165, 1.54) is 7.11 Å². The lowest BCUT2D eigenvalue weighted by atomic mass is 9.93. The molecule has 0 heterocycles. The molecule has 0 aliphatic carbocycles. The first-order valence-corrected chi connectivity index (χ1v) is 5.38. The van der Waals surface area contributed by atoms with Gasteiger partial charge in [0.05, 0.1) is 25.7 Å². The molecular weight excluding hydrogens is 210 g/mol. The van der Waals surface area contributed by atoms with Gasteiger partial charge in [0.1, 0.15) is 0 Å². The van der Waals surface area contributed by atoms with E-state index in [4.69, 9.17) is 14.6 Å². The molecule has 16 heavy (non-hydrogen) atoms. The fraction of sp³-hybridized carbons (Fsp3) is 0.909. The predicted octanol–water partition coefficient (Wildman–Crippen LogP) is 0.126. The van der Waals surface area contributed by atoms with Crippen LogP contribution in [-0.2, 0) is 14.3 Å². The molecule has 5 nitrogen and oxygen atoms in total. The number of methoxy groups -OCH3 is 2. The lowest BCUT2D eigenvalue weighted by Crippen LogP contribution is -2.42. The Morgan fingerprint density at radius 1 is 1.31 bits per heavy atom. The third-order valence-electron chi connectivity index (χ3n) is 2.38. The normalized spacial score (nSPS) is 11.9. The van der Waals surface area contributed by atoms with Crippen LogP contribution >= 0.6 is 0 Å². The van der Waals surface area contributed by atoms with Crippen molar-refractivity contribution in [3.63, 3.8) is 0 Å². The molecular formula is C11H23NO4. The average molecular weight is 233 g/mol. The molecule has 0 atom stereocenters. The molecule has 0 aromatic carbocycles. The number of hydrogen-bond donors (Lipinski definition) is 1. The standard InChI is InChI=1S/C11H23NO4/c1-11(2,10(14)16-4)9-12(5-7-13)6-8-15-3/h13H,5-9H2,1-4H3. The van der Waals surface area contributed by atoms with E-state index in [9.17, 15) is 4.79 Å². The number of aliphatic hydroxyl groups is 1. The second-order valence-corrected chi connectivity index (χ2v) is 4.37. The largest absolute Gasteiger partial charge is 0.469 e. The molecule has 0 saturated heterocycles. The summed E-state index contributed by atoms with van der Waals surface area (Å²) in [6, 6.07) is 0. The first-order chi connectivity index (χ1) is 7.47. The van der Waals surface area contributed by atoms with Crippen molar-refractivity contribution in [2.45, 2.75) is 13.8 Å². The van der Waals surface area contributed by atoms with Gasteiger partial charge in [-0.25, -0.2) is 0 Å².